The van der Waals surface area contributed by atoms with Gasteiger partial charge in [-0.2, -0.15) is 5.10 Å². The Labute approximate surface area is 156 Å². The zero-order chi connectivity index (χ0) is 19.0. The van der Waals surface area contributed by atoms with Crippen LogP contribution in [0.4, 0.5) is 0 Å². The predicted molar refractivity (Wildman–Crippen MR) is 95.5 cm³/mol. The number of likely N-dealkylation sites (tertiary alicyclic amines) is 1. The minimum absolute atomic E-state index is 0.191. The van der Waals surface area contributed by atoms with Crippen molar-refractivity contribution in [3.63, 3.8) is 0 Å². The lowest BCUT2D eigenvalue weighted by molar-refractivity contribution is -0.157. The fraction of sp³-hybridized carbons (Fsp3) is 0.421. The summed E-state index contributed by atoms with van der Waals surface area (Å²) in [7, 11) is 1.59. The molecule has 0 spiro atoms. The van der Waals surface area contributed by atoms with Crippen LogP contribution in [-0.2, 0) is 9.53 Å². The molecule has 1 amide bonds. The number of carbonyl (C=O) groups is 2. The molecule has 27 heavy (non-hydrogen) atoms. The molecule has 1 aromatic heterocycles. The number of hydrogen-bond donors (Lipinski definition) is 2. The standard InChI is InChI=1S/C19H21N3O5/c1-26-14-4-2-12(3-5-14)16-15(8-20-21-16)17(23)22-9-13-10-27-7-6-19(13,11-22)18(24)25/h2-5,8,13H,6-7,9-11H2,1H3,(H,20,21)(H,24,25)/t13-,19+/m0/s1. The van der Waals surface area contributed by atoms with Crippen molar-refractivity contribution in [1.29, 1.82) is 0 Å². The highest BCUT2D eigenvalue weighted by atomic mass is 16.5. The molecule has 2 atom stereocenters. The van der Waals surface area contributed by atoms with Crippen LogP contribution in [0.3, 0.4) is 0 Å². The summed E-state index contributed by atoms with van der Waals surface area (Å²) >= 11 is 0. The van der Waals surface area contributed by atoms with Gasteiger partial charge in [-0.05, 0) is 30.7 Å². The van der Waals surface area contributed by atoms with Gasteiger partial charge in [0.2, 0.25) is 0 Å². The number of fused-ring (bicyclic) bond motifs is 1. The second-order valence-electron chi connectivity index (χ2n) is 7.06. The molecule has 2 saturated heterocycles. The summed E-state index contributed by atoms with van der Waals surface area (Å²) in [6.45, 7) is 1.35. The molecule has 0 radical (unpaired) electrons. The van der Waals surface area contributed by atoms with E-state index < -0.39 is 11.4 Å². The van der Waals surface area contributed by atoms with Gasteiger partial charge in [0.25, 0.3) is 5.91 Å². The second kappa shape index (κ2) is 6.70. The molecular weight excluding hydrogens is 350 g/mol. The minimum atomic E-state index is -0.919. The Morgan fingerprint density at radius 2 is 2.15 bits per heavy atom. The molecule has 0 bridgehead atoms. The third kappa shape index (κ3) is 2.86. The fourth-order valence-corrected chi connectivity index (χ4v) is 4.05. The number of benzene rings is 1. The lowest BCUT2D eigenvalue weighted by Gasteiger charge is -2.33. The Hall–Kier alpha value is -2.87. The Kier molecular flexibility index (Phi) is 4.35. The Morgan fingerprint density at radius 1 is 1.37 bits per heavy atom. The van der Waals surface area contributed by atoms with Gasteiger partial charge < -0.3 is 19.5 Å². The highest BCUT2D eigenvalue weighted by Crippen LogP contribution is 2.43. The number of carbonyl (C=O) groups excluding carboxylic acids is 1. The first-order chi connectivity index (χ1) is 13.0. The van der Waals surface area contributed by atoms with E-state index in [1.807, 2.05) is 24.3 Å². The number of H-pyrrole nitrogens is 1. The maximum absolute atomic E-state index is 13.1. The number of nitrogens with zero attached hydrogens (tertiary/aromatic N) is 2. The molecular formula is C19H21N3O5. The summed E-state index contributed by atoms with van der Waals surface area (Å²) in [6, 6.07) is 7.32. The number of ether oxygens (including phenoxy) is 2. The van der Waals surface area contributed by atoms with Gasteiger partial charge in [-0.25, -0.2) is 0 Å². The number of aromatic amines is 1. The summed E-state index contributed by atoms with van der Waals surface area (Å²) in [5.41, 5.74) is 0.931. The molecule has 8 nitrogen and oxygen atoms in total. The van der Waals surface area contributed by atoms with E-state index in [1.54, 1.807) is 12.0 Å². The summed E-state index contributed by atoms with van der Waals surface area (Å²) in [4.78, 5) is 26.7. The minimum Gasteiger partial charge on any atom is -0.497 e. The molecule has 1 aromatic carbocycles. The van der Waals surface area contributed by atoms with Gasteiger partial charge in [0.1, 0.15) is 5.75 Å². The van der Waals surface area contributed by atoms with Gasteiger partial charge in [0.05, 0.1) is 36.6 Å². The van der Waals surface area contributed by atoms with Crippen LogP contribution in [0.15, 0.2) is 30.5 Å². The number of rotatable bonds is 4. The number of carboxylic acid groups (broad SMARTS) is 1. The Balaban J connectivity index is 1.61. The number of amides is 1. The van der Waals surface area contributed by atoms with E-state index in [1.165, 1.54) is 6.20 Å². The molecule has 2 aliphatic rings. The maximum Gasteiger partial charge on any atom is 0.311 e. The zero-order valence-electron chi connectivity index (χ0n) is 15.0. The molecule has 2 fully saturated rings. The maximum atomic E-state index is 13.1. The van der Waals surface area contributed by atoms with Gasteiger partial charge in [-0.3, -0.25) is 14.7 Å². The van der Waals surface area contributed by atoms with Crippen LogP contribution in [0.5, 0.6) is 5.75 Å². The molecule has 4 rings (SSSR count). The lowest BCUT2D eigenvalue weighted by Crippen LogP contribution is -2.45. The number of aromatic nitrogens is 2. The van der Waals surface area contributed by atoms with Crippen molar-refractivity contribution in [2.24, 2.45) is 11.3 Å². The van der Waals surface area contributed by atoms with Gasteiger partial charge in [0, 0.05) is 31.2 Å². The summed E-state index contributed by atoms with van der Waals surface area (Å²) in [5.74, 6) is -0.541. The summed E-state index contributed by atoms with van der Waals surface area (Å²) in [5, 5.41) is 16.7. The van der Waals surface area contributed by atoms with Crippen LogP contribution in [0.2, 0.25) is 0 Å². The van der Waals surface area contributed by atoms with Gasteiger partial charge in [0.15, 0.2) is 0 Å². The second-order valence-corrected chi connectivity index (χ2v) is 7.06. The average Bonchev–Trinajstić information content (AvgIpc) is 3.33. The number of aliphatic carboxylic acids is 1. The van der Waals surface area contributed by atoms with Crippen molar-refractivity contribution in [1.82, 2.24) is 15.1 Å². The molecule has 2 aromatic rings. The van der Waals surface area contributed by atoms with Crippen molar-refractivity contribution in [2.75, 3.05) is 33.4 Å². The first kappa shape index (κ1) is 17.5. The summed E-state index contributed by atoms with van der Waals surface area (Å²) in [6.07, 6.45) is 1.92. The highest BCUT2D eigenvalue weighted by molar-refractivity contribution is 6.00. The van der Waals surface area contributed by atoms with Crippen molar-refractivity contribution in [2.45, 2.75) is 6.42 Å². The van der Waals surface area contributed by atoms with E-state index in [4.69, 9.17) is 9.47 Å². The molecule has 2 aliphatic heterocycles. The Morgan fingerprint density at radius 3 is 2.81 bits per heavy atom. The molecule has 2 N–H and O–H groups in total. The Bertz CT molecular complexity index is 862. The predicted octanol–water partition coefficient (Wildman–Crippen LogP) is 1.65. The average molecular weight is 371 g/mol. The van der Waals surface area contributed by atoms with E-state index in [9.17, 15) is 14.7 Å². The van der Waals surface area contributed by atoms with E-state index in [-0.39, 0.29) is 18.4 Å². The van der Waals surface area contributed by atoms with Crippen molar-refractivity contribution >= 4 is 11.9 Å². The van der Waals surface area contributed by atoms with Gasteiger partial charge in [-0.15, -0.1) is 0 Å². The fourth-order valence-electron chi connectivity index (χ4n) is 4.05. The smallest absolute Gasteiger partial charge is 0.311 e. The van der Waals surface area contributed by atoms with Crippen molar-refractivity contribution in [3.8, 4) is 17.0 Å². The molecule has 8 heteroatoms. The SMILES string of the molecule is COc1ccc(-c2[nH]ncc2C(=O)N2C[C@H]3COCC[C@@]3(C(=O)O)C2)cc1. The van der Waals surface area contributed by atoms with Gasteiger partial charge >= 0.3 is 5.97 Å². The highest BCUT2D eigenvalue weighted by Gasteiger charge is 2.55. The van der Waals surface area contributed by atoms with Crippen LogP contribution in [0.1, 0.15) is 16.8 Å². The summed E-state index contributed by atoms with van der Waals surface area (Å²) < 4.78 is 10.6. The van der Waals surface area contributed by atoms with E-state index >= 15 is 0 Å². The molecule has 0 aliphatic carbocycles. The monoisotopic (exact) mass is 371 g/mol. The van der Waals surface area contributed by atoms with Crippen molar-refractivity contribution in [3.05, 3.63) is 36.0 Å². The van der Waals surface area contributed by atoms with Crippen molar-refractivity contribution < 1.29 is 24.2 Å². The quantitative estimate of drug-likeness (QED) is 0.847. The largest absolute Gasteiger partial charge is 0.497 e. The number of hydrogen-bond acceptors (Lipinski definition) is 5. The van der Waals surface area contributed by atoms with E-state index in [0.717, 1.165) is 11.3 Å². The van der Waals surface area contributed by atoms with Crippen LogP contribution in [0.25, 0.3) is 11.3 Å². The van der Waals surface area contributed by atoms with E-state index in [2.05, 4.69) is 10.2 Å². The van der Waals surface area contributed by atoms with Crippen LogP contribution >= 0.6 is 0 Å². The number of carboxylic acids is 1. The zero-order valence-corrected chi connectivity index (χ0v) is 15.0. The van der Waals surface area contributed by atoms with Crippen LogP contribution in [0, 0.1) is 11.3 Å². The molecule has 3 heterocycles. The topological polar surface area (TPSA) is 105 Å². The van der Waals surface area contributed by atoms with Gasteiger partial charge in [-0.1, -0.05) is 0 Å². The third-order valence-electron chi connectivity index (χ3n) is 5.67. The molecule has 142 valence electrons. The van der Waals surface area contributed by atoms with Crippen LogP contribution < -0.4 is 4.74 Å². The molecule has 0 saturated carbocycles. The normalized spacial score (nSPS) is 24.5. The lowest BCUT2D eigenvalue weighted by atomic mass is 9.74. The first-order valence-electron chi connectivity index (χ1n) is 8.83. The van der Waals surface area contributed by atoms with Crippen LogP contribution in [-0.4, -0.2) is 65.5 Å². The molecule has 0 unspecified atom stereocenters. The first-order valence-corrected chi connectivity index (χ1v) is 8.83. The number of methoxy groups -OCH3 is 1. The number of nitrogens with one attached hydrogen (secondary N) is 1. The third-order valence-corrected chi connectivity index (χ3v) is 5.67. The van der Waals surface area contributed by atoms with E-state index in [0.29, 0.717) is 37.4 Å².